The van der Waals surface area contributed by atoms with Crippen LogP contribution in [0.5, 0.6) is 0 Å². The van der Waals surface area contributed by atoms with Crippen LogP contribution in [0.25, 0.3) is 0 Å². The molecule has 1 aliphatic rings. The van der Waals surface area contributed by atoms with E-state index < -0.39 is 0 Å². The summed E-state index contributed by atoms with van der Waals surface area (Å²) in [7, 11) is 0. The van der Waals surface area contributed by atoms with Gasteiger partial charge >= 0.3 is 0 Å². The average Bonchev–Trinajstić information content (AvgIpc) is 1.90. The fourth-order valence-electron chi connectivity index (χ4n) is 0.585. The molecule has 1 aliphatic heterocycles. The first-order valence-electron chi connectivity index (χ1n) is 2.59. The van der Waals surface area contributed by atoms with Crippen LogP contribution in [0.2, 0.25) is 0 Å². The van der Waals surface area contributed by atoms with Crippen molar-refractivity contribution in [3.8, 4) is 0 Å². The topological polar surface area (TPSA) is 12.0 Å². The Morgan fingerprint density at radius 1 is 1.50 bits per heavy atom. The molecule has 1 rings (SSSR count). The maximum absolute atomic E-state index is 5.53. The normalized spacial score (nSPS) is 25.4. The summed E-state index contributed by atoms with van der Waals surface area (Å²) >= 11 is 5.53. The quantitative estimate of drug-likeness (QED) is 0.526. The molecule has 0 aromatic heterocycles. The molecule has 1 nitrogen and oxygen atoms in total. The first-order chi connectivity index (χ1) is 3.93. The lowest BCUT2D eigenvalue weighted by atomic mass is 10.2. The van der Waals surface area contributed by atoms with Gasteiger partial charge in [-0.2, -0.15) is 0 Å². The average molecular weight is 130 g/mol. The van der Waals surface area contributed by atoms with Crippen LogP contribution in [0.15, 0.2) is 24.4 Å². The van der Waals surface area contributed by atoms with Crippen molar-refractivity contribution in [1.82, 2.24) is 5.32 Å². The summed E-state index contributed by atoms with van der Waals surface area (Å²) in [5.74, 6) is 0.640. The summed E-state index contributed by atoms with van der Waals surface area (Å²) in [4.78, 5) is 0. The van der Waals surface area contributed by atoms with Crippen LogP contribution in [0.3, 0.4) is 0 Å². The highest BCUT2D eigenvalue weighted by Gasteiger charge is 1.98. The molecule has 0 aliphatic carbocycles. The van der Waals surface area contributed by atoms with Crippen LogP contribution >= 0.6 is 11.6 Å². The Kier molecular flexibility index (Phi) is 1.98. The molecule has 0 saturated heterocycles. The van der Waals surface area contributed by atoms with Crippen molar-refractivity contribution >= 4 is 11.6 Å². The van der Waals surface area contributed by atoms with Crippen molar-refractivity contribution in [1.29, 1.82) is 0 Å². The molecule has 0 fully saturated rings. The summed E-state index contributed by atoms with van der Waals surface area (Å²) in [5.41, 5.74) is 0. The number of dihydropyridines is 1. The van der Waals surface area contributed by atoms with Gasteiger partial charge in [-0.05, 0) is 12.3 Å². The van der Waals surface area contributed by atoms with E-state index in [1.54, 1.807) is 0 Å². The van der Waals surface area contributed by atoms with E-state index in [2.05, 4.69) is 5.32 Å². The molecule has 2 heteroatoms. The number of rotatable bonds is 1. The van der Waals surface area contributed by atoms with Gasteiger partial charge in [-0.1, -0.05) is 12.2 Å². The molecule has 0 aromatic carbocycles. The molecule has 0 aromatic rings. The summed E-state index contributed by atoms with van der Waals surface area (Å²) < 4.78 is 0. The second kappa shape index (κ2) is 2.78. The van der Waals surface area contributed by atoms with Crippen LogP contribution in [-0.2, 0) is 0 Å². The molecular weight excluding hydrogens is 122 g/mol. The zero-order valence-corrected chi connectivity index (χ0v) is 5.23. The Balaban J connectivity index is 2.40. The smallest absolute Gasteiger partial charge is 0.0577 e. The van der Waals surface area contributed by atoms with Crippen molar-refractivity contribution in [2.24, 2.45) is 0 Å². The number of hydrogen-bond donors (Lipinski definition) is 1. The Bertz CT molecular complexity index is 118. The van der Waals surface area contributed by atoms with E-state index in [1.165, 1.54) is 0 Å². The number of allylic oxidation sites excluding steroid dienone is 2. The first kappa shape index (κ1) is 5.70. The van der Waals surface area contributed by atoms with Gasteiger partial charge in [0.05, 0.1) is 6.04 Å². The van der Waals surface area contributed by atoms with Crippen LogP contribution in [0.4, 0.5) is 0 Å². The molecule has 0 amide bonds. The van der Waals surface area contributed by atoms with Gasteiger partial charge in [-0.15, -0.1) is 11.6 Å². The summed E-state index contributed by atoms with van der Waals surface area (Å²) in [6.45, 7) is 0. The Morgan fingerprint density at radius 2 is 2.38 bits per heavy atom. The van der Waals surface area contributed by atoms with E-state index in [1.807, 2.05) is 24.4 Å². The molecule has 0 saturated carbocycles. The summed E-state index contributed by atoms with van der Waals surface area (Å²) in [5, 5.41) is 3.07. The summed E-state index contributed by atoms with van der Waals surface area (Å²) in [6, 6.07) is 0.335. The van der Waals surface area contributed by atoms with Gasteiger partial charge in [-0.3, -0.25) is 0 Å². The van der Waals surface area contributed by atoms with Crippen LogP contribution in [0, 0.1) is 0 Å². The maximum atomic E-state index is 5.53. The number of alkyl halides is 1. The number of nitrogens with one attached hydrogen (secondary N) is 1. The molecule has 1 heterocycles. The largest absolute Gasteiger partial charge is 0.383 e. The number of halogens is 1. The molecule has 0 bridgehead atoms. The minimum atomic E-state index is 0.335. The molecule has 0 radical (unpaired) electrons. The highest BCUT2D eigenvalue weighted by atomic mass is 35.5. The second-order valence-corrected chi connectivity index (χ2v) is 1.98. The highest BCUT2D eigenvalue weighted by molar-refractivity contribution is 6.18. The van der Waals surface area contributed by atoms with Gasteiger partial charge in [0.15, 0.2) is 0 Å². The van der Waals surface area contributed by atoms with E-state index >= 15 is 0 Å². The molecule has 8 heavy (non-hydrogen) atoms. The highest BCUT2D eigenvalue weighted by Crippen LogP contribution is 1.95. The van der Waals surface area contributed by atoms with Gasteiger partial charge in [0.25, 0.3) is 0 Å². The lowest BCUT2D eigenvalue weighted by Crippen LogP contribution is -2.24. The van der Waals surface area contributed by atoms with E-state index in [9.17, 15) is 0 Å². The van der Waals surface area contributed by atoms with Crippen molar-refractivity contribution in [2.45, 2.75) is 6.04 Å². The molecule has 1 atom stereocenters. The third-order valence-corrected chi connectivity index (χ3v) is 1.36. The predicted molar refractivity (Wildman–Crippen MR) is 35.9 cm³/mol. The molecule has 0 spiro atoms. The minimum Gasteiger partial charge on any atom is -0.383 e. The lowest BCUT2D eigenvalue weighted by Gasteiger charge is -2.10. The zero-order chi connectivity index (χ0) is 5.82. The zero-order valence-electron chi connectivity index (χ0n) is 4.47. The van der Waals surface area contributed by atoms with Crippen LogP contribution in [0.1, 0.15) is 0 Å². The van der Waals surface area contributed by atoms with Gasteiger partial charge in [0, 0.05) is 5.88 Å². The lowest BCUT2D eigenvalue weighted by molar-refractivity contribution is 0.767. The van der Waals surface area contributed by atoms with Gasteiger partial charge in [-0.25, -0.2) is 0 Å². The van der Waals surface area contributed by atoms with E-state index in [0.29, 0.717) is 11.9 Å². The Hall–Kier alpha value is -0.430. The monoisotopic (exact) mass is 129 g/mol. The second-order valence-electron chi connectivity index (χ2n) is 1.67. The van der Waals surface area contributed by atoms with Crippen LogP contribution in [-0.4, -0.2) is 11.9 Å². The fourth-order valence-corrected chi connectivity index (χ4v) is 0.776. The van der Waals surface area contributed by atoms with Crippen LogP contribution < -0.4 is 5.32 Å². The third-order valence-electron chi connectivity index (χ3n) is 1.03. The van der Waals surface area contributed by atoms with Crippen molar-refractivity contribution in [2.75, 3.05) is 5.88 Å². The Labute approximate surface area is 54.0 Å². The van der Waals surface area contributed by atoms with E-state index in [4.69, 9.17) is 11.6 Å². The SMILES string of the molecule is ClCC1C=CC=CN1. The van der Waals surface area contributed by atoms with E-state index in [-0.39, 0.29) is 0 Å². The number of hydrogen-bond acceptors (Lipinski definition) is 1. The molecule has 44 valence electrons. The predicted octanol–water partition coefficient (Wildman–Crippen LogP) is 1.27. The first-order valence-corrected chi connectivity index (χ1v) is 3.12. The van der Waals surface area contributed by atoms with Crippen molar-refractivity contribution < 1.29 is 0 Å². The summed E-state index contributed by atoms with van der Waals surface area (Å²) in [6.07, 6.45) is 7.87. The van der Waals surface area contributed by atoms with Crippen molar-refractivity contribution in [3.05, 3.63) is 24.4 Å². The minimum absolute atomic E-state index is 0.335. The van der Waals surface area contributed by atoms with Gasteiger partial charge in [0.1, 0.15) is 0 Å². The van der Waals surface area contributed by atoms with Gasteiger partial charge < -0.3 is 5.32 Å². The molecule has 1 N–H and O–H groups in total. The van der Waals surface area contributed by atoms with Gasteiger partial charge in [0.2, 0.25) is 0 Å². The standard InChI is InChI=1S/C6H8ClN/c7-5-6-3-1-2-4-8-6/h1-4,6,8H,5H2. The molecule has 1 unspecified atom stereocenters. The maximum Gasteiger partial charge on any atom is 0.0577 e. The third kappa shape index (κ3) is 1.27. The van der Waals surface area contributed by atoms with Crippen molar-refractivity contribution in [3.63, 3.8) is 0 Å². The van der Waals surface area contributed by atoms with E-state index in [0.717, 1.165) is 0 Å². The molecular formula is C6H8ClN. The fraction of sp³-hybridized carbons (Fsp3) is 0.333. The Morgan fingerprint density at radius 3 is 2.75 bits per heavy atom.